The Labute approximate surface area is 192 Å². The molecule has 2 atom stereocenters. The van der Waals surface area contributed by atoms with Crippen molar-refractivity contribution in [2.24, 2.45) is 0 Å². The van der Waals surface area contributed by atoms with Crippen LogP contribution >= 0.6 is 0 Å². The Morgan fingerprint density at radius 2 is 1.70 bits per heavy atom. The lowest BCUT2D eigenvalue weighted by atomic mass is 9.84. The third-order valence-electron chi connectivity index (χ3n) is 7.23. The molecule has 4 nitrogen and oxygen atoms in total. The van der Waals surface area contributed by atoms with Gasteiger partial charge in [-0.05, 0) is 65.6 Å². The van der Waals surface area contributed by atoms with Crippen LogP contribution in [-0.2, 0) is 4.74 Å². The Balaban J connectivity index is 1.22. The first-order chi connectivity index (χ1) is 16.2. The maximum atomic E-state index is 13.7. The molecule has 2 aromatic carbocycles. The third-order valence-corrected chi connectivity index (χ3v) is 7.23. The monoisotopic (exact) mass is 440 g/mol. The second-order valence-corrected chi connectivity index (χ2v) is 9.10. The van der Waals surface area contributed by atoms with Gasteiger partial charge in [0, 0.05) is 12.0 Å². The van der Waals surface area contributed by atoms with E-state index in [-0.39, 0.29) is 24.1 Å². The smallest absolute Gasteiger partial charge is 0.410 e. The number of pyridine rings is 1. The molecule has 3 heterocycles. The van der Waals surface area contributed by atoms with Crippen LogP contribution in [0.1, 0.15) is 48.4 Å². The van der Waals surface area contributed by atoms with Crippen LogP contribution in [-0.4, -0.2) is 34.7 Å². The first-order valence-electron chi connectivity index (χ1n) is 11.7. The van der Waals surface area contributed by atoms with E-state index in [0.29, 0.717) is 18.7 Å². The normalized spacial score (nSPS) is 21.2. The fourth-order valence-electron chi connectivity index (χ4n) is 5.76. The van der Waals surface area contributed by atoms with Gasteiger partial charge in [0.2, 0.25) is 5.95 Å². The number of aromatic nitrogens is 1. The summed E-state index contributed by atoms with van der Waals surface area (Å²) < 4.78 is 19.6. The average Bonchev–Trinajstić information content (AvgIpc) is 3.15. The Morgan fingerprint density at radius 3 is 2.39 bits per heavy atom. The molecule has 0 saturated carbocycles. The van der Waals surface area contributed by atoms with Gasteiger partial charge in [0.25, 0.3) is 0 Å². The van der Waals surface area contributed by atoms with Gasteiger partial charge in [-0.15, -0.1) is 0 Å². The van der Waals surface area contributed by atoms with Gasteiger partial charge in [0.05, 0.1) is 11.7 Å². The van der Waals surface area contributed by atoms with Crippen molar-refractivity contribution in [2.45, 2.75) is 43.7 Å². The average molecular weight is 441 g/mol. The minimum atomic E-state index is -0.475. The summed E-state index contributed by atoms with van der Waals surface area (Å²) in [5, 5.41) is 0. The third kappa shape index (κ3) is 3.52. The van der Waals surface area contributed by atoms with E-state index in [4.69, 9.17) is 4.74 Å². The maximum Gasteiger partial charge on any atom is 0.410 e. The first-order valence-corrected chi connectivity index (χ1v) is 11.7. The number of hydrogen-bond acceptors (Lipinski definition) is 3. The van der Waals surface area contributed by atoms with Gasteiger partial charge < -0.3 is 4.74 Å². The van der Waals surface area contributed by atoms with Crippen LogP contribution in [0.2, 0.25) is 0 Å². The van der Waals surface area contributed by atoms with Crippen molar-refractivity contribution in [2.75, 3.05) is 6.61 Å². The summed E-state index contributed by atoms with van der Waals surface area (Å²) in [5.41, 5.74) is 6.55. The number of halogens is 1. The van der Waals surface area contributed by atoms with Crippen molar-refractivity contribution in [3.05, 3.63) is 95.6 Å². The predicted molar refractivity (Wildman–Crippen MR) is 125 cm³/mol. The summed E-state index contributed by atoms with van der Waals surface area (Å²) in [5.74, 6) is -0.425. The predicted octanol–water partition coefficient (Wildman–Crippen LogP) is 6.18. The number of ether oxygens (including phenoxy) is 1. The van der Waals surface area contributed by atoms with E-state index in [0.717, 1.165) is 24.8 Å². The molecule has 3 aromatic rings. The van der Waals surface area contributed by atoms with E-state index >= 15 is 0 Å². The minimum Gasteiger partial charge on any atom is -0.448 e. The molecule has 3 aliphatic rings. The zero-order valence-corrected chi connectivity index (χ0v) is 18.3. The van der Waals surface area contributed by atoms with Crippen LogP contribution in [0, 0.1) is 5.95 Å². The van der Waals surface area contributed by atoms with Crippen molar-refractivity contribution in [1.82, 2.24) is 9.88 Å². The largest absolute Gasteiger partial charge is 0.448 e. The molecule has 2 unspecified atom stereocenters. The van der Waals surface area contributed by atoms with Crippen molar-refractivity contribution in [3.63, 3.8) is 0 Å². The highest BCUT2D eigenvalue weighted by Gasteiger charge is 2.39. The minimum absolute atomic E-state index is 0.0341. The number of amides is 1. The number of piperidine rings is 1. The lowest BCUT2D eigenvalue weighted by Gasteiger charge is -2.44. The van der Waals surface area contributed by atoms with E-state index in [2.05, 4.69) is 47.5 Å². The molecule has 33 heavy (non-hydrogen) atoms. The van der Waals surface area contributed by atoms with Crippen molar-refractivity contribution in [1.29, 1.82) is 0 Å². The zero-order valence-electron chi connectivity index (χ0n) is 18.3. The van der Waals surface area contributed by atoms with Crippen LogP contribution < -0.4 is 0 Å². The van der Waals surface area contributed by atoms with Gasteiger partial charge in [-0.1, -0.05) is 60.7 Å². The van der Waals surface area contributed by atoms with Gasteiger partial charge >= 0.3 is 6.09 Å². The van der Waals surface area contributed by atoms with Gasteiger partial charge in [-0.2, -0.15) is 4.39 Å². The number of nitrogens with zero attached hydrogens (tertiary/aromatic N) is 2. The molecular weight excluding hydrogens is 415 g/mol. The van der Waals surface area contributed by atoms with E-state index in [1.54, 1.807) is 6.07 Å². The summed E-state index contributed by atoms with van der Waals surface area (Å²) in [7, 11) is 0. The summed E-state index contributed by atoms with van der Waals surface area (Å²) in [6, 6.07) is 21.6. The number of benzene rings is 2. The molecule has 2 aliphatic heterocycles. The lowest BCUT2D eigenvalue weighted by molar-refractivity contribution is 0.0538. The highest BCUT2D eigenvalue weighted by molar-refractivity contribution is 5.79. The van der Waals surface area contributed by atoms with Gasteiger partial charge in [-0.25, -0.2) is 9.78 Å². The van der Waals surface area contributed by atoms with E-state index in [9.17, 15) is 9.18 Å². The Morgan fingerprint density at radius 1 is 0.970 bits per heavy atom. The fourth-order valence-corrected chi connectivity index (χ4v) is 5.76. The summed E-state index contributed by atoms with van der Waals surface area (Å²) in [4.78, 5) is 19.2. The molecule has 0 N–H and O–H groups in total. The standard InChI is InChI=1S/C28H25FN2O2/c29-27-14-6-13-26(30-27)18-15-19-7-5-8-20(16-18)31(19)28(32)33-17-25-23-11-3-1-9-21(23)22-10-2-4-12-24(22)25/h1-4,6,9-15,19-20,25H,5,7-8,16-17H2. The van der Waals surface area contributed by atoms with Crippen LogP contribution in [0.15, 0.2) is 72.8 Å². The van der Waals surface area contributed by atoms with Crippen LogP contribution in [0.5, 0.6) is 0 Å². The quantitative estimate of drug-likeness (QED) is 0.457. The number of carbonyl (C=O) groups excluding carboxylic acids is 1. The molecule has 1 fully saturated rings. The topological polar surface area (TPSA) is 42.4 Å². The molecular formula is C28H25FN2O2. The molecule has 0 spiro atoms. The SMILES string of the molecule is O=C(OCC1c2ccccc2-c2ccccc21)N1C2C=C(c3cccc(F)n3)CC1CCC2. The van der Waals surface area contributed by atoms with Crippen molar-refractivity contribution < 1.29 is 13.9 Å². The van der Waals surface area contributed by atoms with E-state index in [1.807, 2.05) is 23.1 Å². The Bertz CT molecular complexity index is 1210. The molecule has 1 saturated heterocycles. The molecule has 5 heteroatoms. The van der Waals surface area contributed by atoms with Crippen molar-refractivity contribution in [3.8, 4) is 11.1 Å². The summed E-state index contributed by atoms with van der Waals surface area (Å²) in [6.07, 6.45) is 5.39. The molecule has 0 radical (unpaired) electrons. The fraction of sp³-hybridized carbons (Fsp3) is 0.286. The molecule has 6 rings (SSSR count). The highest BCUT2D eigenvalue weighted by Crippen LogP contribution is 2.45. The van der Waals surface area contributed by atoms with Gasteiger partial charge in [0.1, 0.15) is 6.61 Å². The number of hydrogen-bond donors (Lipinski definition) is 0. The molecule has 1 aromatic heterocycles. The lowest BCUT2D eigenvalue weighted by Crippen LogP contribution is -2.52. The van der Waals surface area contributed by atoms with Crippen LogP contribution in [0.3, 0.4) is 0 Å². The summed E-state index contributed by atoms with van der Waals surface area (Å²) in [6.45, 7) is 0.324. The van der Waals surface area contributed by atoms with Crippen LogP contribution in [0.25, 0.3) is 16.7 Å². The van der Waals surface area contributed by atoms with Gasteiger partial charge in [-0.3, -0.25) is 4.90 Å². The number of carbonyl (C=O) groups is 1. The van der Waals surface area contributed by atoms with Crippen LogP contribution in [0.4, 0.5) is 9.18 Å². The van der Waals surface area contributed by atoms with Crippen molar-refractivity contribution >= 4 is 11.7 Å². The first kappa shape index (κ1) is 20.2. The Kier molecular flexibility index (Phi) is 4.97. The summed E-state index contributed by atoms with van der Waals surface area (Å²) >= 11 is 0. The second kappa shape index (κ2) is 8.14. The van der Waals surface area contributed by atoms with E-state index in [1.165, 1.54) is 28.3 Å². The number of fused-ring (bicyclic) bond motifs is 5. The molecule has 1 aliphatic carbocycles. The van der Waals surface area contributed by atoms with Gasteiger partial charge in [0.15, 0.2) is 0 Å². The second-order valence-electron chi connectivity index (χ2n) is 9.10. The zero-order chi connectivity index (χ0) is 22.4. The Hall–Kier alpha value is -3.47. The molecule has 166 valence electrons. The highest BCUT2D eigenvalue weighted by atomic mass is 19.1. The molecule has 2 bridgehead atoms. The van der Waals surface area contributed by atoms with E-state index < -0.39 is 5.95 Å². The number of rotatable bonds is 3. The molecule has 1 amide bonds. The maximum absolute atomic E-state index is 13.7.